The summed E-state index contributed by atoms with van der Waals surface area (Å²) in [6, 6.07) is 74.3. The largest absolute Gasteiger partial charge is 0.455 e. The fourth-order valence-electron chi connectivity index (χ4n) is 21.1. The molecule has 20 aromatic rings. The first-order valence-electron chi connectivity index (χ1n) is 43.2. The number of hydrogen-bond donors (Lipinski definition) is 0. The molecule has 12 nitrogen and oxygen atoms in total. The quantitative estimate of drug-likeness (QED) is 0.160. The first-order chi connectivity index (χ1) is 59.4. The smallest absolute Gasteiger partial charge is 0.227 e. The van der Waals surface area contributed by atoms with Crippen LogP contribution in [0.5, 0.6) is 0 Å². The topological polar surface area (TPSA) is 120 Å². The Morgan fingerprint density at radius 3 is 1.06 bits per heavy atom. The molecule has 0 spiro atoms. The van der Waals surface area contributed by atoms with Crippen LogP contribution in [0.15, 0.2) is 261 Å². The van der Waals surface area contributed by atoms with Gasteiger partial charge in [0, 0.05) is 146 Å². The fourth-order valence-corrected chi connectivity index (χ4v) is 21.1. The Morgan fingerprint density at radius 2 is 0.605 bits per heavy atom. The summed E-state index contributed by atoms with van der Waals surface area (Å²) in [5.41, 5.74) is 45.2. The lowest BCUT2D eigenvalue weighted by atomic mass is 9.82. The van der Waals surface area contributed by atoms with E-state index in [1.807, 2.05) is 24.5 Å². The number of fused-ring (bicyclic) bond motifs is 24. The van der Waals surface area contributed by atoms with Gasteiger partial charge in [-0.15, -0.1) is 0 Å². The first-order valence-corrected chi connectivity index (χ1v) is 43.2. The van der Waals surface area contributed by atoms with Crippen LogP contribution >= 0.6 is 0 Å². The van der Waals surface area contributed by atoms with E-state index in [2.05, 4.69) is 376 Å². The second-order valence-electron chi connectivity index (χ2n) is 37.4. The normalized spacial score (nSPS) is 14.2. The number of pyridine rings is 8. The molecule has 0 radical (unpaired) electrons. The minimum absolute atomic E-state index is 0.0758. The Kier molecular flexibility index (Phi) is 17.4. The molecule has 0 unspecified atom stereocenters. The molecular weight excluding hydrogens is 1520 g/mol. The highest BCUT2D eigenvalue weighted by Crippen LogP contribution is 2.56. The molecular formula is C112H100N8O4+4. The summed E-state index contributed by atoms with van der Waals surface area (Å²) < 4.78 is 34.9. The van der Waals surface area contributed by atoms with E-state index >= 15 is 0 Å². The average Bonchev–Trinajstić information content (AvgIpc) is 1.57. The van der Waals surface area contributed by atoms with Crippen LogP contribution in [0.2, 0.25) is 0 Å². The van der Waals surface area contributed by atoms with Gasteiger partial charge in [-0.3, -0.25) is 9.97 Å². The number of furan rings is 4. The standard InChI is InChI=1S/4C28H25N2O/c1-16-8-11-23(30(5)15-16)25-17(2)9-10-18-21-13-22-20(14-24(21)31-26(18)25)19-7-6-12-29-27(19)28(22,3)4;1-16-8-11-23(30(5)15-16)25-17(2)9-10-18-21-13-20-19-7-6-12-29-27(19)28(3,4)22(20)14-24(21)31-26(18)25;1-16-10-13-23(30(5)15-16)24-17(2)11-12-18-20-14-22-25(29-27(20)31-26(18)24)19-8-6-7-9-21(19)28(22,3)4;1-16-10-13-23(30(5)15-16)24-17(2)11-12-19-21-14-20-18-8-6-7-9-22(18)28(3,4)26(20)29-27(21)31-25(19)24/h4*6-15H,1-5H3/q4*+1. The molecule has 0 saturated carbocycles. The number of rotatable bonds is 4. The summed E-state index contributed by atoms with van der Waals surface area (Å²) in [4.78, 5) is 19.6. The summed E-state index contributed by atoms with van der Waals surface area (Å²) in [6.07, 6.45) is 12.4. The minimum Gasteiger partial charge on any atom is -0.455 e. The molecule has 0 amide bonds. The van der Waals surface area contributed by atoms with Gasteiger partial charge in [0.15, 0.2) is 36.0 Å². The summed E-state index contributed by atoms with van der Waals surface area (Å²) in [7, 11) is 8.39. The van der Waals surface area contributed by atoms with Crippen LogP contribution in [0, 0.1) is 55.4 Å². The van der Waals surface area contributed by atoms with Gasteiger partial charge in [0.2, 0.25) is 34.2 Å². The maximum atomic E-state index is 6.59. The van der Waals surface area contributed by atoms with Crippen molar-refractivity contribution in [3.63, 3.8) is 0 Å². The van der Waals surface area contributed by atoms with Crippen molar-refractivity contribution in [2.45, 2.75) is 132 Å². The summed E-state index contributed by atoms with van der Waals surface area (Å²) in [5, 5.41) is 9.07. The lowest BCUT2D eigenvalue weighted by Gasteiger charge is -2.20. The van der Waals surface area contributed by atoms with Crippen LogP contribution in [-0.2, 0) is 49.9 Å². The molecule has 0 fully saturated rings. The Morgan fingerprint density at radius 1 is 0.258 bits per heavy atom. The Bertz CT molecular complexity index is 7430. The van der Waals surface area contributed by atoms with E-state index in [1.165, 1.54) is 122 Å². The SMILES string of the molecule is Cc1ccc(-c2c(C)ccc3c2oc2cc4c(cc23)-c2cccnc2C4(C)C)[n+](C)c1.Cc1ccc(-c2c(C)ccc3c2oc2cc4c(cc23)C(C)(C)c2ncccc2-4)[n+](C)c1.Cc1ccc(-c2c(C)ccc3c2oc2nc4c(cc23)-c2ccccc2C4(C)C)[n+](C)c1.Cc1ccc(-c2c(C)ccc3c2oc2nc4c(cc23)C(C)(C)c2ccccc2-4)[n+](C)c1. The van der Waals surface area contributed by atoms with E-state index in [4.69, 9.17) is 37.6 Å². The molecule has 608 valence electrons. The zero-order valence-electron chi connectivity index (χ0n) is 74.3. The number of hydrogen-bond acceptors (Lipinski definition) is 8. The van der Waals surface area contributed by atoms with Gasteiger partial charge in [-0.25, -0.2) is 28.2 Å². The molecule has 0 aliphatic heterocycles. The minimum atomic E-state index is -0.138. The Hall–Kier alpha value is -13.8. The molecule has 4 aliphatic rings. The van der Waals surface area contributed by atoms with Gasteiger partial charge in [0.05, 0.1) is 45.0 Å². The average molecular weight is 1620 g/mol. The lowest BCUT2D eigenvalue weighted by molar-refractivity contribution is -0.660. The molecule has 12 aromatic heterocycles. The van der Waals surface area contributed by atoms with Gasteiger partial charge in [-0.1, -0.05) is 165 Å². The van der Waals surface area contributed by atoms with Crippen LogP contribution in [0.1, 0.15) is 145 Å². The predicted molar refractivity (Wildman–Crippen MR) is 501 cm³/mol. The van der Waals surface area contributed by atoms with E-state index in [0.29, 0.717) is 5.71 Å². The molecule has 8 aromatic carbocycles. The van der Waals surface area contributed by atoms with Crippen molar-refractivity contribution in [2.24, 2.45) is 28.2 Å². The summed E-state index contributed by atoms with van der Waals surface area (Å²) in [5.74, 6) is 0. The maximum absolute atomic E-state index is 6.59. The van der Waals surface area contributed by atoms with Gasteiger partial charge in [0.25, 0.3) is 0 Å². The van der Waals surface area contributed by atoms with E-state index < -0.39 is 0 Å². The van der Waals surface area contributed by atoms with Crippen molar-refractivity contribution in [3.05, 3.63) is 333 Å². The van der Waals surface area contributed by atoms with Crippen molar-refractivity contribution in [3.8, 4) is 89.7 Å². The summed E-state index contributed by atoms with van der Waals surface area (Å²) >= 11 is 0. The van der Waals surface area contributed by atoms with Gasteiger partial charge in [0.1, 0.15) is 50.5 Å². The van der Waals surface area contributed by atoms with Crippen molar-refractivity contribution < 1.29 is 35.9 Å². The van der Waals surface area contributed by atoms with Crippen molar-refractivity contribution in [1.29, 1.82) is 0 Å². The molecule has 0 atom stereocenters. The molecule has 0 bridgehead atoms. The Labute approximate surface area is 722 Å². The molecule has 0 saturated heterocycles. The molecule has 12 heteroatoms. The van der Waals surface area contributed by atoms with Gasteiger partial charge in [-0.2, -0.15) is 0 Å². The van der Waals surface area contributed by atoms with E-state index in [0.717, 1.165) is 139 Å². The van der Waals surface area contributed by atoms with E-state index in [1.54, 1.807) is 0 Å². The van der Waals surface area contributed by atoms with Crippen LogP contribution < -0.4 is 18.3 Å². The van der Waals surface area contributed by atoms with Crippen LogP contribution in [0.4, 0.5) is 0 Å². The monoisotopic (exact) mass is 1620 g/mol. The molecule has 4 aliphatic carbocycles. The third-order valence-corrected chi connectivity index (χ3v) is 27.5. The zero-order valence-corrected chi connectivity index (χ0v) is 74.3. The molecule has 12 heterocycles. The van der Waals surface area contributed by atoms with Crippen LogP contribution in [0.25, 0.3) is 178 Å². The predicted octanol–water partition coefficient (Wildman–Crippen LogP) is 25.6. The second kappa shape index (κ2) is 27.8. The highest BCUT2D eigenvalue weighted by Gasteiger charge is 2.43. The van der Waals surface area contributed by atoms with Crippen molar-refractivity contribution >= 4 is 88.0 Å². The second-order valence-corrected chi connectivity index (χ2v) is 37.4. The molecule has 0 N–H and O–H groups in total. The van der Waals surface area contributed by atoms with Crippen molar-refractivity contribution in [1.82, 2.24) is 19.9 Å². The van der Waals surface area contributed by atoms with Gasteiger partial charge < -0.3 is 17.7 Å². The number of aryl methyl sites for hydroxylation is 12. The number of nitrogens with zero attached hydrogens (tertiary/aromatic N) is 8. The highest BCUT2D eigenvalue weighted by atomic mass is 16.3. The third kappa shape index (κ3) is 11.7. The zero-order chi connectivity index (χ0) is 86.0. The fraction of sp³-hybridized carbons (Fsp3) is 0.214. The molecule has 124 heavy (non-hydrogen) atoms. The van der Waals surface area contributed by atoms with Crippen molar-refractivity contribution in [2.75, 3.05) is 0 Å². The van der Waals surface area contributed by atoms with Gasteiger partial charge >= 0.3 is 0 Å². The number of benzene rings is 8. The maximum Gasteiger partial charge on any atom is 0.227 e. The van der Waals surface area contributed by atoms with E-state index in [-0.39, 0.29) is 21.7 Å². The van der Waals surface area contributed by atoms with Crippen LogP contribution in [-0.4, -0.2) is 19.9 Å². The van der Waals surface area contributed by atoms with Crippen LogP contribution in [0.3, 0.4) is 0 Å². The number of aromatic nitrogens is 8. The van der Waals surface area contributed by atoms with Gasteiger partial charge in [-0.05, 0) is 195 Å². The first kappa shape index (κ1) is 77.5. The highest BCUT2D eigenvalue weighted by molar-refractivity contribution is 6.15. The molecule has 24 rings (SSSR count). The summed E-state index contributed by atoms with van der Waals surface area (Å²) in [6.45, 7) is 35.2. The Balaban J connectivity index is 0.000000101. The lowest BCUT2D eigenvalue weighted by Crippen LogP contribution is -2.31. The van der Waals surface area contributed by atoms with E-state index in [9.17, 15) is 0 Å². The third-order valence-electron chi connectivity index (χ3n) is 27.5.